The summed E-state index contributed by atoms with van der Waals surface area (Å²) >= 11 is 0. The van der Waals surface area contributed by atoms with Crippen molar-refractivity contribution in [3.63, 3.8) is 0 Å². The largest absolute Gasteiger partial charge is 0.466 e. The first-order valence-electron chi connectivity index (χ1n) is 30.2. The Morgan fingerprint density at radius 1 is 0.412 bits per heavy atom. The van der Waals surface area contributed by atoms with Crippen LogP contribution < -0.4 is 5.32 Å². The number of nitrogens with one attached hydrogen (secondary N) is 1. The van der Waals surface area contributed by atoms with E-state index in [9.17, 15) is 19.8 Å². The van der Waals surface area contributed by atoms with Crippen molar-refractivity contribution in [2.75, 3.05) is 13.2 Å². The first kappa shape index (κ1) is 66.1. The average molecular weight is 957 g/mol. The second-order valence-electron chi connectivity index (χ2n) is 20.7. The summed E-state index contributed by atoms with van der Waals surface area (Å²) in [6.45, 7) is 4.92. The van der Waals surface area contributed by atoms with Gasteiger partial charge in [0.1, 0.15) is 0 Å². The number of unbranched alkanes of at least 4 members (excludes halogenated alkanes) is 39. The van der Waals surface area contributed by atoms with Crippen LogP contribution >= 0.6 is 0 Å². The second-order valence-corrected chi connectivity index (χ2v) is 20.7. The van der Waals surface area contributed by atoms with E-state index in [-0.39, 0.29) is 18.5 Å². The van der Waals surface area contributed by atoms with E-state index in [1.54, 1.807) is 0 Å². The van der Waals surface area contributed by atoms with E-state index in [0.29, 0.717) is 25.9 Å². The molecule has 0 aromatic carbocycles. The molecule has 3 N–H and O–H groups in total. The predicted octanol–water partition coefficient (Wildman–Crippen LogP) is 18.8. The first-order valence-corrected chi connectivity index (χ1v) is 30.2. The van der Waals surface area contributed by atoms with Crippen LogP contribution in [0.4, 0.5) is 0 Å². The lowest BCUT2D eigenvalue weighted by Gasteiger charge is -2.22. The Labute approximate surface area is 424 Å². The predicted molar refractivity (Wildman–Crippen MR) is 296 cm³/mol. The Bertz CT molecular complexity index is 1100. The van der Waals surface area contributed by atoms with Gasteiger partial charge in [0.2, 0.25) is 5.91 Å². The van der Waals surface area contributed by atoms with Crippen LogP contribution in [0.15, 0.2) is 36.5 Å². The number of hydrogen-bond acceptors (Lipinski definition) is 5. The molecular weight excluding hydrogens is 839 g/mol. The van der Waals surface area contributed by atoms with Crippen molar-refractivity contribution in [3.05, 3.63) is 36.5 Å². The van der Waals surface area contributed by atoms with Gasteiger partial charge in [-0.2, -0.15) is 0 Å². The van der Waals surface area contributed by atoms with E-state index in [2.05, 4.69) is 55.6 Å². The maximum absolute atomic E-state index is 12.5. The van der Waals surface area contributed by atoms with E-state index in [4.69, 9.17) is 4.74 Å². The number of rotatable bonds is 56. The SMILES string of the molecule is CCCC/C=C\CCCCCCCC(=O)OCCCCCCCCCCC/C=C\C/C=C\CCCCCCCCCCCC(=O)NC(CO)C(O)CCCCCCCCCCCCCCCCC. The van der Waals surface area contributed by atoms with Crippen molar-refractivity contribution in [1.29, 1.82) is 0 Å². The van der Waals surface area contributed by atoms with Gasteiger partial charge in [-0.1, -0.05) is 269 Å². The molecule has 2 atom stereocenters. The number of esters is 1. The third-order valence-corrected chi connectivity index (χ3v) is 13.9. The van der Waals surface area contributed by atoms with Crippen LogP contribution in [0, 0.1) is 0 Å². The van der Waals surface area contributed by atoms with Crippen LogP contribution in [0.5, 0.6) is 0 Å². The molecule has 1 amide bonds. The highest BCUT2D eigenvalue weighted by Crippen LogP contribution is 2.17. The quantitative estimate of drug-likeness (QED) is 0.0321. The standard InChI is InChI=1S/C62H117NO5/c1-3-5-7-9-11-13-15-16-28-31-35-38-42-46-50-54-60(65)59(58-64)63-61(66)55-51-47-43-39-36-32-29-26-24-22-20-18-17-19-21-23-25-27-30-33-37-41-45-49-53-57-68-62(67)56-52-48-44-40-34-14-12-10-8-6-4-2/h10,12,18-21,59-60,64-65H,3-9,11,13-17,22-58H2,1-2H3,(H,63,66)/b12-10-,20-18-,21-19-. The Morgan fingerprint density at radius 3 is 1.18 bits per heavy atom. The van der Waals surface area contributed by atoms with Gasteiger partial charge >= 0.3 is 5.97 Å². The molecular formula is C62H117NO5. The highest BCUT2D eigenvalue weighted by molar-refractivity contribution is 5.76. The number of aliphatic hydroxyl groups excluding tert-OH is 2. The third kappa shape index (κ3) is 53.4. The number of aliphatic hydroxyl groups is 2. The van der Waals surface area contributed by atoms with E-state index in [1.807, 2.05) is 0 Å². The minimum atomic E-state index is -0.668. The summed E-state index contributed by atoms with van der Waals surface area (Å²) in [5, 5.41) is 23.3. The highest BCUT2D eigenvalue weighted by atomic mass is 16.5. The van der Waals surface area contributed by atoms with E-state index in [1.165, 1.54) is 238 Å². The minimum Gasteiger partial charge on any atom is -0.466 e. The average Bonchev–Trinajstić information content (AvgIpc) is 3.34. The molecule has 400 valence electrons. The lowest BCUT2D eigenvalue weighted by Crippen LogP contribution is -2.45. The smallest absolute Gasteiger partial charge is 0.305 e. The Morgan fingerprint density at radius 2 is 0.750 bits per heavy atom. The van der Waals surface area contributed by atoms with Gasteiger partial charge in [-0.25, -0.2) is 0 Å². The van der Waals surface area contributed by atoms with E-state index in [0.717, 1.165) is 51.4 Å². The van der Waals surface area contributed by atoms with Gasteiger partial charge in [-0.3, -0.25) is 9.59 Å². The van der Waals surface area contributed by atoms with Crippen LogP contribution in [0.1, 0.15) is 322 Å². The van der Waals surface area contributed by atoms with E-state index >= 15 is 0 Å². The molecule has 68 heavy (non-hydrogen) atoms. The van der Waals surface area contributed by atoms with Gasteiger partial charge in [-0.05, 0) is 77.0 Å². The zero-order valence-electron chi connectivity index (χ0n) is 45.6. The fourth-order valence-electron chi connectivity index (χ4n) is 9.24. The number of carbonyl (C=O) groups excluding carboxylic acids is 2. The number of amides is 1. The van der Waals surface area contributed by atoms with Crippen molar-refractivity contribution in [2.24, 2.45) is 0 Å². The normalized spacial score (nSPS) is 12.8. The van der Waals surface area contributed by atoms with Gasteiger partial charge < -0.3 is 20.3 Å². The molecule has 0 spiro atoms. The monoisotopic (exact) mass is 956 g/mol. The van der Waals surface area contributed by atoms with E-state index < -0.39 is 12.1 Å². The molecule has 2 unspecified atom stereocenters. The number of ether oxygens (including phenoxy) is 1. The maximum Gasteiger partial charge on any atom is 0.305 e. The lowest BCUT2D eigenvalue weighted by molar-refractivity contribution is -0.143. The first-order chi connectivity index (χ1) is 33.5. The van der Waals surface area contributed by atoms with Crippen LogP contribution in [0.2, 0.25) is 0 Å². The van der Waals surface area contributed by atoms with Crippen molar-refractivity contribution in [2.45, 2.75) is 334 Å². The Kier molecular flexibility index (Phi) is 56.0. The summed E-state index contributed by atoms with van der Waals surface area (Å²) in [6.07, 6.45) is 71.5. The molecule has 0 aliphatic heterocycles. The number of hydrogen-bond donors (Lipinski definition) is 3. The molecule has 0 aromatic heterocycles. The summed E-state index contributed by atoms with van der Waals surface area (Å²) in [5.41, 5.74) is 0. The number of allylic oxidation sites excluding steroid dienone is 6. The van der Waals surface area contributed by atoms with Crippen molar-refractivity contribution >= 4 is 11.9 Å². The molecule has 0 rings (SSSR count). The van der Waals surface area contributed by atoms with Crippen LogP contribution in [-0.2, 0) is 14.3 Å². The van der Waals surface area contributed by atoms with Crippen LogP contribution in [0.25, 0.3) is 0 Å². The van der Waals surface area contributed by atoms with Crippen LogP contribution in [-0.4, -0.2) is 47.4 Å². The second kappa shape index (κ2) is 57.7. The minimum absolute atomic E-state index is 0.00225. The Hall–Kier alpha value is -1.92. The summed E-state index contributed by atoms with van der Waals surface area (Å²) in [7, 11) is 0. The molecule has 0 aliphatic rings. The molecule has 0 aromatic rings. The van der Waals surface area contributed by atoms with Crippen molar-refractivity contribution in [1.82, 2.24) is 5.32 Å². The van der Waals surface area contributed by atoms with Crippen LogP contribution in [0.3, 0.4) is 0 Å². The molecule has 0 radical (unpaired) electrons. The molecule has 0 fully saturated rings. The molecule has 0 bridgehead atoms. The van der Waals surface area contributed by atoms with Crippen molar-refractivity contribution < 1.29 is 24.5 Å². The summed E-state index contributed by atoms with van der Waals surface area (Å²) in [5.74, 6) is -0.0422. The molecule has 6 nitrogen and oxygen atoms in total. The number of carbonyl (C=O) groups is 2. The zero-order chi connectivity index (χ0) is 49.3. The summed E-state index contributed by atoms with van der Waals surface area (Å²) in [4.78, 5) is 24.5. The van der Waals surface area contributed by atoms with Gasteiger partial charge in [0.05, 0.1) is 25.4 Å². The topological polar surface area (TPSA) is 95.9 Å². The zero-order valence-corrected chi connectivity index (χ0v) is 45.6. The van der Waals surface area contributed by atoms with Gasteiger partial charge in [0.15, 0.2) is 0 Å². The van der Waals surface area contributed by atoms with Gasteiger partial charge in [0.25, 0.3) is 0 Å². The Balaban J connectivity index is 3.44. The molecule has 0 saturated carbocycles. The maximum atomic E-state index is 12.5. The van der Waals surface area contributed by atoms with Gasteiger partial charge in [0, 0.05) is 12.8 Å². The fourth-order valence-corrected chi connectivity index (χ4v) is 9.24. The highest BCUT2D eigenvalue weighted by Gasteiger charge is 2.20. The fraction of sp³-hybridized carbons (Fsp3) is 0.871. The lowest BCUT2D eigenvalue weighted by atomic mass is 10.0. The third-order valence-electron chi connectivity index (χ3n) is 13.9. The molecule has 0 saturated heterocycles. The van der Waals surface area contributed by atoms with Gasteiger partial charge in [-0.15, -0.1) is 0 Å². The summed E-state index contributed by atoms with van der Waals surface area (Å²) in [6, 6.07) is -0.546. The van der Waals surface area contributed by atoms with Crippen molar-refractivity contribution in [3.8, 4) is 0 Å². The molecule has 0 aliphatic carbocycles. The summed E-state index contributed by atoms with van der Waals surface area (Å²) < 4.78 is 5.45. The molecule has 0 heterocycles. The molecule has 6 heteroatoms.